The highest BCUT2D eigenvalue weighted by atomic mass is 16.6. The average molecular weight is 389 g/mol. The molecule has 0 aliphatic rings. The average Bonchev–Trinajstić information content (AvgIpc) is 2.72. The highest BCUT2D eigenvalue weighted by Gasteiger charge is 2.18. The second-order valence-electron chi connectivity index (χ2n) is 6.01. The van der Waals surface area contributed by atoms with E-state index in [2.05, 4.69) is 10.6 Å². The van der Waals surface area contributed by atoms with Gasteiger partial charge < -0.3 is 25.6 Å². The van der Waals surface area contributed by atoms with Crippen LogP contribution in [0.3, 0.4) is 0 Å². The first-order chi connectivity index (χ1) is 13.5. The van der Waals surface area contributed by atoms with Crippen LogP contribution in [-0.2, 0) is 6.42 Å². The number of nitrogens with one attached hydrogen (secondary N) is 2. The Labute approximate surface area is 162 Å². The minimum Gasteiger partial charge on any atom is -0.496 e. The maximum Gasteiger partial charge on any atom is 0.270 e. The normalized spacial score (nSPS) is 10.6. The molecule has 0 aromatic heterocycles. The van der Waals surface area contributed by atoms with Crippen molar-refractivity contribution in [2.45, 2.75) is 12.5 Å². The Bertz CT molecular complexity index is 823. The Morgan fingerprint density at radius 3 is 2.57 bits per heavy atom. The quantitative estimate of drug-likeness (QED) is 0.356. The number of aliphatic hydroxyl groups excluding tert-OH is 2. The largest absolute Gasteiger partial charge is 0.496 e. The number of nitro groups is 1. The fourth-order valence-corrected chi connectivity index (χ4v) is 2.64. The summed E-state index contributed by atoms with van der Waals surface area (Å²) < 4.78 is 5.27. The lowest BCUT2D eigenvalue weighted by Crippen LogP contribution is -2.31. The van der Waals surface area contributed by atoms with Crippen molar-refractivity contribution in [3.63, 3.8) is 0 Å². The smallest absolute Gasteiger partial charge is 0.270 e. The van der Waals surface area contributed by atoms with Gasteiger partial charge in [0, 0.05) is 24.4 Å². The number of methoxy groups -OCH3 is 1. The van der Waals surface area contributed by atoms with Crippen molar-refractivity contribution in [2.24, 2.45) is 0 Å². The summed E-state index contributed by atoms with van der Waals surface area (Å²) in [6.07, 6.45) is 0.517. The van der Waals surface area contributed by atoms with E-state index in [-0.39, 0.29) is 30.2 Å². The van der Waals surface area contributed by atoms with Crippen LogP contribution in [0.5, 0.6) is 5.75 Å². The van der Waals surface area contributed by atoms with E-state index in [0.717, 1.165) is 11.6 Å². The van der Waals surface area contributed by atoms with Crippen molar-refractivity contribution >= 4 is 17.3 Å². The van der Waals surface area contributed by atoms with Crippen LogP contribution in [0.1, 0.15) is 15.9 Å². The minimum absolute atomic E-state index is 0.0566. The van der Waals surface area contributed by atoms with Gasteiger partial charge in [0.15, 0.2) is 0 Å². The maximum atomic E-state index is 12.6. The van der Waals surface area contributed by atoms with E-state index in [1.54, 1.807) is 7.11 Å². The first-order valence-corrected chi connectivity index (χ1v) is 8.67. The molecule has 0 heterocycles. The van der Waals surface area contributed by atoms with E-state index in [4.69, 9.17) is 4.74 Å². The van der Waals surface area contributed by atoms with Crippen LogP contribution >= 0.6 is 0 Å². The summed E-state index contributed by atoms with van der Waals surface area (Å²) in [7, 11) is 1.57. The Kier molecular flexibility index (Phi) is 7.73. The molecule has 9 nitrogen and oxygen atoms in total. The zero-order valence-electron chi connectivity index (χ0n) is 15.4. The number of carbonyl (C=O) groups is 1. The molecule has 2 aromatic rings. The number of amides is 1. The van der Waals surface area contributed by atoms with Crippen molar-refractivity contribution in [1.29, 1.82) is 0 Å². The molecule has 28 heavy (non-hydrogen) atoms. The standard InChI is InChI=1S/C19H23N3O6/c1-28-18-5-3-2-4-13(18)8-9-20-19(25)16-10-15(22(26)27)6-7-17(16)21-14(11-23)12-24/h2-7,10,14,21,23-24H,8-9,11-12H2,1H3,(H,20,25). The van der Waals surface area contributed by atoms with E-state index in [1.807, 2.05) is 24.3 Å². The molecule has 0 atom stereocenters. The second kappa shape index (κ2) is 10.2. The second-order valence-corrected chi connectivity index (χ2v) is 6.01. The first kappa shape index (κ1) is 21.1. The van der Waals surface area contributed by atoms with E-state index >= 15 is 0 Å². The lowest BCUT2D eigenvalue weighted by Gasteiger charge is -2.18. The van der Waals surface area contributed by atoms with Crippen LogP contribution in [0.25, 0.3) is 0 Å². The van der Waals surface area contributed by atoms with Gasteiger partial charge >= 0.3 is 0 Å². The van der Waals surface area contributed by atoms with Gasteiger partial charge in [-0.15, -0.1) is 0 Å². The predicted molar refractivity (Wildman–Crippen MR) is 104 cm³/mol. The highest BCUT2D eigenvalue weighted by Crippen LogP contribution is 2.23. The van der Waals surface area contributed by atoms with E-state index in [9.17, 15) is 25.1 Å². The van der Waals surface area contributed by atoms with Gasteiger partial charge in [-0.1, -0.05) is 18.2 Å². The van der Waals surface area contributed by atoms with Crippen LogP contribution in [0.4, 0.5) is 11.4 Å². The molecule has 1 amide bonds. The van der Waals surface area contributed by atoms with Gasteiger partial charge in [-0.05, 0) is 24.1 Å². The third-order valence-corrected chi connectivity index (χ3v) is 4.13. The molecule has 4 N–H and O–H groups in total. The number of carbonyl (C=O) groups excluding carboxylic acids is 1. The number of para-hydroxylation sites is 1. The molecule has 9 heteroatoms. The number of benzene rings is 2. The van der Waals surface area contributed by atoms with Gasteiger partial charge in [0.05, 0.1) is 36.9 Å². The van der Waals surface area contributed by atoms with Gasteiger partial charge in [0.2, 0.25) is 0 Å². The molecule has 2 aromatic carbocycles. The van der Waals surface area contributed by atoms with Crippen LogP contribution in [0.2, 0.25) is 0 Å². The molecule has 0 saturated carbocycles. The molecule has 150 valence electrons. The van der Waals surface area contributed by atoms with Gasteiger partial charge in [0.25, 0.3) is 11.6 Å². The number of hydrogen-bond donors (Lipinski definition) is 4. The molecule has 0 radical (unpaired) electrons. The third kappa shape index (κ3) is 5.41. The summed E-state index contributed by atoms with van der Waals surface area (Å²) in [6.45, 7) is -0.421. The van der Waals surface area contributed by atoms with Crippen molar-refractivity contribution in [2.75, 3.05) is 32.2 Å². The van der Waals surface area contributed by atoms with Gasteiger partial charge in [-0.2, -0.15) is 0 Å². The molecule has 0 bridgehead atoms. The van der Waals surface area contributed by atoms with E-state index in [1.165, 1.54) is 12.1 Å². The summed E-state index contributed by atoms with van der Waals surface area (Å²) in [6, 6.07) is 10.5. The van der Waals surface area contributed by atoms with Crippen LogP contribution < -0.4 is 15.4 Å². The van der Waals surface area contributed by atoms with E-state index < -0.39 is 16.9 Å². The van der Waals surface area contributed by atoms with Crippen molar-refractivity contribution in [3.8, 4) is 5.75 Å². The Morgan fingerprint density at radius 2 is 1.93 bits per heavy atom. The van der Waals surface area contributed by atoms with Crippen LogP contribution in [0.15, 0.2) is 42.5 Å². The summed E-state index contributed by atoms with van der Waals surface area (Å²) in [5, 5.41) is 35.1. The number of ether oxygens (including phenoxy) is 1. The van der Waals surface area contributed by atoms with Gasteiger partial charge in [0.1, 0.15) is 5.75 Å². The molecule has 0 unspecified atom stereocenters. The number of aliphatic hydroxyl groups is 2. The maximum absolute atomic E-state index is 12.6. The number of hydrogen-bond acceptors (Lipinski definition) is 7. The van der Waals surface area contributed by atoms with Crippen molar-refractivity contribution < 1.29 is 24.7 Å². The molecular weight excluding hydrogens is 366 g/mol. The van der Waals surface area contributed by atoms with Crippen molar-refractivity contribution in [3.05, 3.63) is 63.7 Å². The van der Waals surface area contributed by atoms with E-state index in [0.29, 0.717) is 18.7 Å². The molecule has 0 spiro atoms. The zero-order chi connectivity index (χ0) is 20.5. The fourth-order valence-electron chi connectivity index (χ4n) is 2.64. The number of rotatable bonds is 10. The highest BCUT2D eigenvalue weighted by molar-refractivity contribution is 6.00. The SMILES string of the molecule is COc1ccccc1CCNC(=O)c1cc([N+](=O)[O-])ccc1NC(CO)CO. The molecule has 0 saturated heterocycles. The zero-order valence-corrected chi connectivity index (χ0v) is 15.4. The molecule has 0 aliphatic carbocycles. The third-order valence-electron chi connectivity index (χ3n) is 4.13. The fraction of sp³-hybridized carbons (Fsp3) is 0.316. The number of anilines is 1. The molecule has 2 rings (SSSR count). The summed E-state index contributed by atoms with van der Waals surface area (Å²) in [5.74, 6) is 0.207. The molecule has 0 aliphatic heterocycles. The lowest BCUT2D eigenvalue weighted by molar-refractivity contribution is -0.384. The Balaban J connectivity index is 2.15. The van der Waals surface area contributed by atoms with Gasteiger partial charge in [-0.3, -0.25) is 14.9 Å². The Morgan fingerprint density at radius 1 is 1.21 bits per heavy atom. The first-order valence-electron chi connectivity index (χ1n) is 8.67. The van der Waals surface area contributed by atoms with Crippen LogP contribution in [-0.4, -0.2) is 54.0 Å². The number of non-ortho nitro benzene ring substituents is 1. The van der Waals surface area contributed by atoms with Crippen LogP contribution in [0, 0.1) is 10.1 Å². The summed E-state index contributed by atoms with van der Waals surface area (Å²) >= 11 is 0. The lowest BCUT2D eigenvalue weighted by atomic mass is 10.1. The topological polar surface area (TPSA) is 134 Å². The minimum atomic E-state index is -0.693. The van der Waals surface area contributed by atoms with Gasteiger partial charge in [-0.25, -0.2) is 0 Å². The monoisotopic (exact) mass is 389 g/mol. The number of nitro benzene ring substituents is 1. The summed E-state index contributed by atoms with van der Waals surface area (Å²) in [4.78, 5) is 23.1. The number of nitrogens with zero attached hydrogens (tertiary/aromatic N) is 1. The molecule has 0 fully saturated rings. The van der Waals surface area contributed by atoms with Crippen molar-refractivity contribution in [1.82, 2.24) is 5.32 Å². The predicted octanol–water partition coefficient (Wildman–Crippen LogP) is 1.34. The molecular formula is C19H23N3O6. The Hall–Kier alpha value is -3.17. The summed E-state index contributed by atoms with van der Waals surface area (Å²) in [5.41, 5.74) is 1.03.